The van der Waals surface area contributed by atoms with Gasteiger partial charge in [-0.3, -0.25) is 10.1 Å². The number of nitrogens with zero attached hydrogens (tertiary/aromatic N) is 2. The van der Waals surface area contributed by atoms with Crippen LogP contribution in [-0.2, 0) is 19.6 Å². The largest absolute Gasteiger partial charge is 0.380 e. The first-order valence-electron chi connectivity index (χ1n) is 11.1. The highest BCUT2D eigenvalue weighted by Gasteiger charge is 2.40. The van der Waals surface area contributed by atoms with E-state index in [1.807, 2.05) is 0 Å². The zero-order valence-electron chi connectivity index (χ0n) is 19.8. The smallest absolute Gasteiger partial charge is 0.323 e. The Morgan fingerprint density at radius 2 is 1.89 bits per heavy atom. The summed E-state index contributed by atoms with van der Waals surface area (Å²) in [5.41, 5.74) is -0.338. The Balaban J connectivity index is 1.54. The molecule has 1 aromatic heterocycles. The number of carbonyl (C=O) groups excluding carboxylic acids is 2. The molecule has 1 fully saturated rings. The molecule has 0 saturated carbocycles. The normalized spacial score (nSPS) is 17.3. The van der Waals surface area contributed by atoms with Gasteiger partial charge in [0.1, 0.15) is 23.5 Å². The van der Waals surface area contributed by atoms with Gasteiger partial charge in [-0.1, -0.05) is 17.7 Å². The lowest BCUT2D eigenvalue weighted by atomic mass is 10.0. The fraction of sp³-hybridized carbons (Fsp3) is 0.208. The number of benzene rings is 2. The highest BCUT2D eigenvalue weighted by atomic mass is 35.5. The lowest BCUT2D eigenvalue weighted by molar-refractivity contribution is -0.119. The summed E-state index contributed by atoms with van der Waals surface area (Å²) >= 11 is 5.81. The number of halogens is 3. The van der Waals surface area contributed by atoms with E-state index < -0.39 is 45.7 Å². The number of anilines is 2. The number of methoxy groups -OCH3 is 1. The molecule has 1 aliphatic rings. The molecule has 1 aliphatic heterocycles. The maximum Gasteiger partial charge on any atom is 0.323 e. The molecule has 200 valence electrons. The quantitative estimate of drug-likeness (QED) is 0.417. The van der Waals surface area contributed by atoms with E-state index in [0.717, 1.165) is 24.3 Å². The fourth-order valence-corrected chi connectivity index (χ4v) is 4.90. The Morgan fingerprint density at radius 3 is 2.53 bits per heavy atom. The summed E-state index contributed by atoms with van der Waals surface area (Å²) < 4.78 is 57.9. The zero-order valence-corrected chi connectivity index (χ0v) is 21.4. The van der Waals surface area contributed by atoms with Crippen molar-refractivity contribution in [3.63, 3.8) is 0 Å². The van der Waals surface area contributed by atoms with Crippen molar-refractivity contribution in [1.82, 2.24) is 9.88 Å². The molecular weight excluding hydrogens is 544 g/mol. The van der Waals surface area contributed by atoms with Crippen LogP contribution < -0.4 is 15.8 Å². The molecular formula is C24H22ClF2N5O5S. The van der Waals surface area contributed by atoms with Gasteiger partial charge in [-0.15, -0.1) is 0 Å². The predicted octanol–water partition coefficient (Wildman–Crippen LogP) is 3.59. The summed E-state index contributed by atoms with van der Waals surface area (Å²) in [6.07, 6.45) is 1.07. The third-order valence-corrected chi connectivity index (χ3v) is 7.10. The van der Waals surface area contributed by atoms with Crippen molar-refractivity contribution in [1.29, 1.82) is 0 Å². The number of pyridine rings is 1. The zero-order chi connectivity index (χ0) is 27.6. The molecule has 38 heavy (non-hydrogen) atoms. The molecule has 4 rings (SSSR count). The molecule has 1 saturated heterocycles. The second-order valence-corrected chi connectivity index (χ2v) is 10.4. The van der Waals surface area contributed by atoms with Crippen LogP contribution in [0.15, 0.2) is 59.6 Å². The van der Waals surface area contributed by atoms with Crippen molar-refractivity contribution in [2.75, 3.05) is 24.3 Å². The van der Waals surface area contributed by atoms with Crippen molar-refractivity contribution in [3.05, 3.63) is 71.4 Å². The van der Waals surface area contributed by atoms with E-state index in [1.54, 1.807) is 6.07 Å². The van der Waals surface area contributed by atoms with Crippen LogP contribution in [0, 0.1) is 11.6 Å². The second kappa shape index (κ2) is 11.0. The van der Waals surface area contributed by atoms with E-state index in [1.165, 1.54) is 36.4 Å². The standard InChI is InChI=1S/C24H22ClF2N5O5S/c1-37-16-10-20(32(12-16)24(34)31-22-7-3-14(25)11-29-22)23(33)30-19-5-2-13(8-18(19)27)17-9-15(26)4-6-21(17)38(28,35)36/h2-9,11,16,20H,10,12H2,1H3,(H,30,33)(H2,28,35,36)(H,29,31,34). The summed E-state index contributed by atoms with van der Waals surface area (Å²) in [6, 6.07) is 7.71. The average Bonchev–Trinajstić information content (AvgIpc) is 3.31. The first kappa shape index (κ1) is 27.4. The minimum absolute atomic E-state index is 0.0285. The van der Waals surface area contributed by atoms with Gasteiger partial charge < -0.3 is 15.0 Å². The first-order valence-corrected chi connectivity index (χ1v) is 13.0. The van der Waals surface area contributed by atoms with Gasteiger partial charge in [0, 0.05) is 31.8 Å². The van der Waals surface area contributed by atoms with Gasteiger partial charge in [0.05, 0.1) is 21.7 Å². The molecule has 2 aromatic carbocycles. The van der Waals surface area contributed by atoms with Gasteiger partial charge in [-0.05, 0) is 48.0 Å². The van der Waals surface area contributed by atoms with Crippen LogP contribution in [0.3, 0.4) is 0 Å². The van der Waals surface area contributed by atoms with E-state index in [4.69, 9.17) is 21.5 Å². The van der Waals surface area contributed by atoms with Crippen LogP contribution in [0.5, 0.6) is 0 Å². The van der Waals surface area contributed by atoms with Crippen molar-refractivity contribution < 1.29 is 31.5 Å². The van der Waals surface area contributed by atoms with Crippen molar-refractivity contribution >= 4 is 45.1 Å². The van der Waals surface area contributed by atoms with E-state index in [0.29, 0.717) is 5.02 Å². The molecule has 0 aliphatic carbocycles. The third kappa shape index (κ3) is 6.07. The Kier molecular flexibility index (Phi) is 7.92. The number of likely N-dealkylation sites (tertiary alicyclic amines) is 1. The highest BCUT2D eigenvalue weighted by Crippen LogP contribution is 2.31. The average molecular weight is 566 g/mol. The van der Waals surface area contributed by atoms with E-state index in [2.05, 4.69) is 15.6 Å². The number of hydrogen-bond acceptors (Lipinski definition) is 6. The molecule has 2 atom stereocenters. The Bertz CT molecular complexity index is 1490. The van der Waals surface area contributed by atoms with Gasteiger partial charge in [0.15, 0.2) is 0 Å². The minimum Gasteiger partial charge on any atom is -0.380 e. The molecule has 2 unspecified atom stereocenters. The van der Waals surface area contributed by atoms with Crippen LogP contribution in [0.25, 0.3) is 11.1 Å². The minimum atomic E-state index is -4.22. The molecule has 3 amide bonds. The van der Waals surface area contributed by atoms with Crippen molar-refractivity contribution in [2.45, 2.75) is 23.5 Å². The molecule has 10 nitrogen and oxygen atoms in total. The third-order valence-electron chi connectivity index (χ3n) is 5.91. The number of nitrogens with one attached hydrogen (secondary N) is 2. The van der Waals surface area contributed by atoms with Crippen LogP contribution >= 0.6 is 11.6 Å². The number of amides is 3. The van der Waals surface area contributed by atoms with Gasteiger partial charge in [-0.25, -0.2) is 32.1 Å². The Morgan fingerprint density at radius 1 is 1.13 bits per heavy atom. The van der Waals surface area contributed by atoms with Gasteiger partial charge >= 0.3 is 6.03 Å². The maximum atomic E-state index is 15.0. The molecule has 2 heterocycles. The first-order chi connectivity index (χ1) is 18.0. The van der Waals surface area contributed by atoms with Crippen LogP contribution in [0.4, 0.5) is 25.1 Å². The highest BCUT2D eigenvalue weighted by molar-refractivity contribution is 7.89. The molecule has 0 radical (unpaired) electrons. The monoisotopic (exact) mass is 565 g/mol. The molecule has 14 heteroatoms. The van der Waals surface area contributed by atoms with Crippen LogP contribution in [-0.4, -0.2) is 56.0 Å². The number of nitrogens with two attached hydrogens (primary N) is 1. The predicted molar refractivity (Wildman–Crippen MR) is 136 cm³/mol. The number of carbonyl (C=O) groups is 2. The maximum absolute atomic E-state index is 15.0. The number of aromatic nitrogens is 1. The van der Waals surface area contributed by atoms with Crippen LogP contribution in [0.2, 0.25) is 5.02 Å². The SMILES string of the molecule is COC1CC(C(=O)Nc2ccc(-c3cc(F)ccc3S(N)(=O)=O)cc2F)N(C(=O)Nc2ccc(Cl)cn2)C1. The van der Waals surface area contributed by atoms with E-state index in [-0.39, 0.29) is 40.5 Å². The van der Waals surface area contributed by atoms with Crippen molar-refractivity contribution in [3.8, 4) is 11.1 Å². The van der Waals surface area contributed by atoms with Gasteiger partial charge in [0.2, 0.25) is 15.9 Å². The summed E-state index contributed by atoms with van der Waals surface area (Å²) in [5, 5.41) is 10.6. The number of hydrogen-bond donors (Lipinski definition) is 3. The number of sulfonamides is 1. The summed E-state index contributed by atoms with van der Waals surface area (Å²) in [6.45, 7) is 0.103. The lowest BCUT2D eigenvalue weighted by Crippen LogP contribution is -2.45. The van der Waals surface area contributed by atoms with Crippen molar-refractivity contribution in [2.24, 2.45) is 5.14 Å². The Labute approximate surface area is 221 Å². The molecule has 4 N–H and O–H groups in total. The topological polar surface area (TPSA) is 144 Å². The summed E-state index contributed by atoms with van der Waals surface area (Å²) in [5.74, 6) is -2.11. The van der Waals surface area contributed by atoms with Crippen LogP contribution in [0.1, 0.15) is 6.42 Å². The Hall–Kier alpha value is -3.65. The van der Waals surface area contributed by atoms with Gasteiger partial charge in [-0.2, -0.15) is 0 Å². The number of ether oxygens (including phenoxy) is 1. The number of urea groups is 1. The van der Waals surface area contributed by atoms with E-state index >= 15 is 4.39 Å². The molecule has 0 spiro atoms. The lowest BCUT2D eigenvalue weighted by Gasteiger charge is -2.24. The molecule has 0 bridgehead atoms. The van der Waals surface area contributed by atoms with Gasteiger partial charge in [0.25, 0.3) is 0 Å². The fourth-order valence-electron chi connectivity index (χ4n) is 4.05. The molecule has 3 aromatic rings. The number of rotatable bonds is 6. The summed E-state index contributed by atoms with van der Waals surface area (Å²) in [7, 11) is -2.78. The summed E-state index contributed by atoms with van der Waals surface area (Å²) in [4.78, 5) is 30.8. The number of primary sulfonamides is 1. The van der Waals surface area contributed by atoms with E-state index in [9.17, 15) is 22.4 Å². The second-order valence-electron chi connectivity index (χ2n) is 8.42.